The van der Waals surface area contributed by atoms with Crippen molar-refractivity contribution in [1.29, 1.82) is 0 Å². The summed E-state index contributed by atoms with van der Waals surface area (Å²) in [7, 11) is 3.13. The van der Waals surface area contributed by atoms with Gasteiger partial charge in [0.2, 0.25) is 0 Å². The van der Waals surface area contributed by atoms with Crippen molar-refractivity contribution in [3.8, 4) is 23.0 Å². The lowest BCUT2D eigenvalue weighted by atomic mass is 9.95. The standard InChI is InChI=1S/C39H37BrN2O7S/c1-7-47-38(44)34-23(4)41-39-42(35(34)26-15-16-30(49-22(2)3)31(20-26)45-5)37(43)33(50-39)19-24-17-29(40)36(32(18-24)46-6)48-21-27-13-10-12-25-11-8-9-14-28(25)27/h8-20,22,35H,7,21H2,1-6H3/b33-19+/t35-/m0/s1. The van der Waals surface area contributed by atoms with E-state index in [1.807, 2.05) is 56.3 Å². The van der Waals surface area contributed by atoms with Crippen LogP contribution >= 0.6 is 27.3 Å². The van der Waals surface area contributed by atoms with Gasteiger partial charge in [0.1, 0.15) is 6.61 Å². The smallest absolute Gasteiger partial charge is 0.338 e. The molecular formula is C39H37BrN2O7S. The molecule has 0 unspecified atom stereocenters. The highest BCUT2D eigenvalue weighted by Crippen LogP contribution is 2.39. The molecule has 50 heavy (non-hydrogen) atoms. The first kappa shape index (κ1) is 35.0. The maximum absolute atomic E-state index is 14.3. The number of rotatable bonds is 11. The molecule has 1 atom stereocenters. The Labute approximate surface area is 302 Å². The first-order valence-corrected chi connectivity index (χ1v) is 17.8. The number of methoxy groups -OCH3 is 2. The monoisotopic (exact) mass is 756 g/mol. The number of aromatic nitrogens is 1. The summed E-state index contributed by atoms with van der Waals surface area (Å²) in [5, 5.41) is 2.26. The molecule has 0 bridgehead atoms. The molecule has 258 valence electrons. The highest BCUT2D eigenvalue weighted by atomic mass is 79.9. The molecule has 0 aliphatic carbocycles. The molecule has 0 radical (unpaired) electrons. The number of carbonyl (C=O) groups is 1. The van der Waals surface area contributed by atoms with Gasteiger partial charge < -0.3 is 23.7 Å². The number of thiazole rings is 1. The molecule has 5 aromatic rings. The van der Waals surface area contributed by atoms with Crippen LogP contribution in [0, 0.1) is 0 Å². The van der Waals surface area contributed by atoms with Crippen molar-refractivity contribution in [1.82, 2.24) is 4.57 Å². The number of halogens is 1. The van der Waals surface area contributed by atoms with Gasteiger partial charge in [-0.1, -0.05) is 59.9 Å². The molecule has 11 heteroatoms. The number of allylic oxidation sites excluding steroid dienone is 1. The molecular weight excluding hydrogens is 720 g/mol. The fraction of sp³-hybridized carbons (Fsp3) is 0.256. The summed E-state index contributed by atoms with van der Waals surface area (Å²) in [6.07, 6.45) is 1.71. The second kappa shape index (κ2) is 14.9. The molecule has 0 fully saturated rings. The topological polar surface area (TPSA) is 97.6 Å². The van der Waals surface area contributed by atoms with E-state index >= 15 is 0 Å². The van der Waals surface area contributed by atoms with Crippen LogP contribution in [0.25, 0.3) is 16.8 Å². The molecule has 0 saturated heterocycles. The second-order valence-electron chi connectivity index (χ2n) is 11.8. The maximum atomic E-state index is 14.3. The minimum absolute atomic E-state index is 0.0758. The molecule has 4 aromatic carbocycles. The highest BCUT2D eigenvalue weighted by Gasteiger charge is 2.34. The van der Waals surface area contributed by atoms with E-state index < -0.39 is 12.0 Å². The predicted octanol–water partition coefficient (Wildman–Crippen LogP) is 7.10. The van der Waals surface area contributed by atoms with Crippen LogP contribution < -0.4 is 33.8 Å². The number of hydrogen-bond acceptors (Lipinski definition) is 9. The maximum Gasteiger partial charge on any atom is 0.338 e. The molecule has 6 rings (SSSR count). The Morgan fingerprint density at radius 3 is 2.50 bits per heavy atom. The van der Waals surface area contributed by atoms with Crippen molar-refractivity contribution in [3.05, 3.63) is 125 Å². The Morgan fingerprint density at radius 2 is 1.76 bits per heavy atom. The summed E-state index contributed by atoms with van der Waals surface area (Å²) < 4.78 is 31.7. The quantitative estimate of drug-likeness (QED) is 0.133. The zero-order valence-corrected chi connectivity index (χ0v) is 31.0. The van der Waals surface area contributed by atoms with Gasteiger partial charge in [-0.05, 0) is 101 Å². The van der Waals surface area contributed by atoms with Gasteiger partial charge in [0.15, 0.2) is 27.8 Å². The summed E-state index contributed by atoms with van der Waals surface area (Å²) in [5.74, 6) is 1.56. The third-order valence-corrected chi connectivity index (χ3v) is 9.76. The van der Waals surface area contributed by atoms with E-state index in [0.29, 0.717) is 60.2 Å². The lowest BCUT2D eigenvalue weighted by Crippen LogP contribution is -2.40. The molecule has 9 nitrogen and oxygen atoms in total. The van der Waals surface area contributed by atoms with Gasteiger partial charge in [0.05, 0.1) is 53.2 Å². The van der Waals surface area contributed by atoms with E-state index in [4.69, 9.17) is 28.7 Å². The van der Waals surface area contributed by atoms with Crippen LogP contribution in [0.15, 0.2) is 98.3 Å². The van der Waals surface area contributed by atoms with Gasteiger partial charge >= 0.3 is 5.97 Å². The summed E-state index contributed by atoms with van der Waals surface area (Å²) in [6, 6.07) is 22.6. The van der Waals surface area contributed by atoms with Crippen molar-refractivity contribution < 1.29 is 28.5 Å². The third kappa shape index (κ3) is 6.93. The van der Waals surface area contributed by atoms with E-state index in [0.717, 1.165) is 16.3 Å². The molecule has 0 saturated carbocycles. The molecule has 1 aliphatic heterocycles. The van der Waals surface area contributed by atoms with Crippen molar-refractivity contribution in [2.45, 2.75) is 46.4 Å². The Kier molecular flexibility index (Phi) is 10.4. The average molecular weight is 758 g/mol. The first-order valence-electron chi connectivity index (χ1n) is 16.1. The Hall–Kier alpha value is -4.87. The van der Waals surface area contributed by atoms with Crippen LogP contribution in [0.1, 0.15) is 50.4 Å². The van der Waals surface area contributed by atoms with Gasteiger partial charge in [-0.25, -0.2) is 9.79 Å². The van der Waals surface area contributed by atoms with Gasteiger partial charge in [0.25, 0.3) is 5.56 Å². The Balaban J connectivity index is 1.41. The van der Waals surface area contributed by atoms with Crippen LogP contribution in [0.2, 0.25) is 0 Å². The Bertz CT molecular complexity index is 2300. The molecule has 0 amide bonds. The van der Waals surface area contributed by atoms with Crippen LogP contribution in [-0.4, -0.2) is 37.5 Å². The zero-order valence-electron chi connectivity index (χ0n) is 28.6. The summed E-state index contributed by atoms with van der Waals surface area (Å²) >= 11 is 4.91. The molecule has 0 spiro atoms. The predicted molar refractivity (Wildman–Crippen MR) is 198 cm³/mol. The summed E-state index contributed by atoms with van der Waals surface area (Å²) in [4.78, 5) is 32.8. The minimum Gasteiger partial charge on any atom is -0.493 e. The largest absolute Gasteiger partial charge is 0.493 e. The van der Waals surface area contributed by atoms with Crippen LogP contribution in [0.5, 0.6) is 23.0 Å². The van der Waals surface area contributed by atoms with Crippen LogP contribution in [0.4, 0.5) is 0 Å². The Morgan fingerprint density at radius 1 is 1.00 bits per heavy atom. The van der Waals surface area contributed by atoms with Gasteiger partial charge in [-0.2, -0.15) is 0 Å². The van der Waals surface area contributed by atoms with Crippen molar-refractivity contribution in [3.63, 3.8) is 0 Å². The van der Waals surface area contributed by atoms with Gasteiger partial charge in [0, 0.05) is 0 Å². The van der Waals surface area contributed by atoms with E-state index in [2.05, 4.69) is 34.1 Å². The number of carbonyl (C=O) groups excluding carboxylic acids is 1. The van der Waals surface area contributed by atoms with E-state index in [-0.39, 0.29) is 23.8 Å². The minimum atomic E-state index is -0.805. The van der Waals surface area contributed by atoms with Crippen molar-refractivity contribution >= 4 is 50.1 Å². The average Bonchev–Trinajstić information content (AvgIpc) is 3.40. The lowest BCUT2D eigenvalue weighted by Gasteiger charge is -2.25. The number of esters is 1. The van der Waals surface area contributed by atoms with Crippen molar-refractivity contribution in [2.75, 3.05) is 20.8 Å². The first-order chi connectivity index (χ1) is 24.1. The third-order valence-electron chi connectivity index (χ3n) is 8.18. The molecule has 2 heterocycles. The number of ether oxygens (including phenoxy) is 5. The van der Waals surface area contributed by atoms with E-state index in [1.54, 1.807) is 50.8 Å². The molecule has 0 N–H and O–H groups in total. The number of benzene rings is 4. The normalized spacial score (nSPS) is 14.4. The lowest BCUT2D eigenvalue weighted by molar-refractivity contribution is -0.139. The highest BCUT2D eigenvalue weighted by molar-refractivity contribution is 9.10. The summed E-state index contributed by atoms with van der Waals surface area (Å²) in [5.41, 5.74) is 2.86. The zero-order chi connectivity index (χ0) is 35.5. The number of nitrogens with zero attached hydrogens (tertiary/aromatic N) is 2. The van der Waals surface area contributed by atoms with Crippen LogP contribution in [0.3, 0.4) is 0 Å². The van der Waals surface area contributed by atoms with E-state index in [1.165, 1.54) is 11.3 Å². The van der Waals surface area contributed by atoms with Crippen molar-refractivity contribution in [2.24, 2.45) is 4.99 Å². The van der Waals surface area contributed by atoms with Gasteiger partial charge in [-0.3, -0.25) is 9.36 Å². The molecule has 1 aromatic heterocycles. The summed E-state index contributed by atoms with van der Waals surface area (Å²) in [6.45, 7) is 7.87. The molecule has 1 aliphatic rings. The fourth-order valence-corrected chi connectivity index (χ4v) is 7.62. The second-order valence-corrected chi connectivity index (χ2v) is 13.7. The number of hydrogen-bond donors (Lipinski definition) is 0. The SMILES string of the molecule is CCOC(=O)C1=C(C)N=c2s/c(=C/c3cc(Br)c(OCc4cccc5ccccc45)c(OC)c3)c(=O)n2[C@H]1c1ccc(OC(C)C)c(OC)c1. The van der Waals surface area contributed by atoms with Gasteiger partial charge in [-0.15, -0.1) is 0 Å². The van der Waals surface area contributed by atoms with E-state index in [9.17, 15) is 9.59 Å². The van der Waals surface area contributed by atoms with Crippen LogP contribution in [-0.2, 0) is 16.1 Å². The fourth-order valence-electron chi connectivity index (χ4n) is 6.00. The number of fused-ring (bicyclic) bond motifs is 2.